The third kappa shape index (κ3) is 3.82. The minimum Gasteiger partial charge on any atom is -0.496 e. The van der Waals surface area contributed by atoms with E-state index >= 15 is 0 Å². The lowest BCUT2D eigenvalue weighted by molar-refractivity contribution is -0.123. The molecule has 0 spiro atoms. The van der Waals surface area contributed by atoms with E-state index in [2.05, 4.69) is 0 Å². The maximum absolute atomic E-state index is 11.2. The predicted octanol–water partition coefficient (Wildman–Crippen LogP) is 4.09. The first-order valence-corrected chi connectivity index (χ1v) is 8.65. The van der Waals surface area contributed by atoms with E-state index in [1.807, 2.05) is 55.5 Å². The number of hydrogen-bond donors (Lipinski definition) is 1. The molecule has 5 heteroatoms. The number of carbonyl (C=O) groups is 1. The van der Waals surface area contributed by atoms with Crippen molar-refractivity contribution >= 4 is 16.7 Å². The molecule has 0 aliphatic rings. The van der Waals surface area contributed by atoms with Crippen LogP contribution in [0.5, 0.6) is 17.2 Å². The zero-order valence-electron chi connectivity index (χ0n) is 15.9. The molecule has 3 aromatic carbocycles. The number of hydrogen-bond acceptors (Lipinski definition) is 4. The van der Waals surface area contributed by atoms with Gasteiger partial charge in [0.15, 0.2) is 6.10 Å². The summed E-state index contributed by atoms with van der Waals surface area (Å²) in [5, 5.41) is 2.04. The lowest BCUT2D eigenvalue weighted by atomic mass is 9.98. The highest BCUT2D eigenvalue weighted by molar-refractivity contribution is 5.91. The number of aryl methyl sites for hydroxylation is 1. The third-order valence-electron chi connectivity index (χ3n) is 4.46. The summed E-state index contributed by atoms with van der Waals surface area (Å²) in [5.74, 6) is 1.59. The van der Waals surface area contributed by atoms with Crippen molar-refractivity contribution in [2.24, 2.45) is 5.73 Å². The van der Waals surface area contributed by atoms with Gasteiger partial charge < -0.3 is 19.9 Å². The molecule has 2 N–H and O–H groups in total. The number of carbonyl (C=O) groups excluding carboxylic acids is 1. The molecule has 0 saturated carbocycles. The fourth-order valence-corrected chi connectivity index (χ4v) is 3.04. The summed E-state index contributed by atoms with van der Waals surface area (Å²) in [6, 6.07) is 15.8. The maximum Gasteiger partial charge on any atom is 0.258 e. The van der Waals surface area contributed by atoms with E-state index in [4.69, 9.17) is 19.9 Å². The van der Waals surface area contributed by atoms with E-state index in [-0.39, 0.29) is 0 Å². The second-order valence-corrected chi connectivity index (χ2v) is 6.43. The Hall–Kier alpha value is -3.21. The molecule has 3 rings (SSSR count). The summed E-state index contributed by atoms with van der Waals surface area (Å²) in [6.45, 7) is 3.63. The van der Waals surface area contributed by atoms with Gasteiger partial charge in [0, 0.05) is 0 Å². The smallest absolute Gasteiger partial charge is 0.258 e. The van der Waals surface area contributed by atoms with E-state index < -0.39 is 12.0 Å². The summed E-state index contributed by atoms with van der Waals surface area (Å²) >= 11 is 0. The molecule has 0 heterocycles. The average Bonchev–Trinajstić information content (AvgIpc) is 2.66. The molecule has 3 aromatic rings. The predicted molar refractivity (Wildman–Crippen MR) is 107 cm³/mol. The molecule has 140 valence electrons. The van der Waals surface area contributed by atoms with Crippen molar-refractivity contribution in [1.82, 2.24) is 0 Å². The van der Waals surface area contributed by atoms with Gasteiger partial charge in [0.1, 0.15) is 17.2 Å². The highest BCUT2D eigenvalue weighted by Crippen LogP contribution is 2.40. The van der Waals surface area contributed by atoms with Crippen molar-refractivity contribution in [2.45, 2.75) is 20.0 Å². The van der Waals surface area contributed by atoms with Crippen molar-refractivity contribution in [3.63, 3.8) is 0 Å². The summed E-state index contributed by atoms with van der Waals surface area (Å²) < 4.78 is 16.8. The van der Waals surface area contributed by atoms with E-state index in [9.17, 15) is 4.79 Å². The molecule has 1 atom stereocenters. The first-order chi connectivity index (χ1) is 12.9. The van der Waals surface area contributed by atoms with Gasteiger partial charge in [-0.2, -0.15) is 0 Å². The molecule has 1 unspecified atom stereocenters. The second-order valence-electron chi connectivity index (χ2n) is 6.43. The van der Waals surface area contributed by atoms with E-state index in [0.717, 1.165) is 39.0 Å². The number of amides is 1. The van der Waals surface area contributed by atoms with Crippen LogP contribution in [0, 0.1) is 6.92 Å². The number of primary amides is 1. The van der Waals surface area contributed by atoms with Crippen LogP contribution in [0.4, 0.5) is 0 Å². The number of nitrogens with two attached hydrogens (primary N) is 1. The molecule has 0 radical (unpaired) electrons. The van der Waals surface area contributed by atoms with E-state index in [1.165, 1.54) is 0 Å². The van der Waals surface area contributed by atoms with Gasteiger partial charge in [0.05, 0.1) is 19.8 Å². The van der Waals surface area contributed by atoms with Gasteiger partial charge >= 0.3 is 0 Å². The summed E-state index contributed by atoms with van der Waals surface area (Å²) in [6.07, 6.45) is -0.692. The lowest BCUT2D eigenvalue weighted by Gasteiger charge is -2.16. The first kappa shape index (κ1) is 18.6. The van der Waals surface area contributed by atoms with Crippen LogP contribution in [0.15, 0.2) is 48.5 Å². The van der Waals surface area contributed by atoms with Gasteiger partial charge in [-0.05, 0) is 66.1 Å². The Morgan fingerprint density at radius 3 is 2.15 bits per heavy atom. The van der Waals surface area contributed by atoms with Crippen LogP contribution in [0.25, 0.3) is 21.9 Å². The molecule has 0 aliphatic heterocycles. The van der Waals surface area contributed by atoms with Crippen molar-refractivity contribution in [1.29, 1.82) is 0 Å². The quantitative estimate of drug-likeness (QED) is 0.714. The zero-order valence-corrected chi connectivity index (χ0v) is 15.9. The molecule has 0 aliphatic carbocycles. The zero-order chi connectivity index (χ0) is 19.6. The van der Waals surface area contributed by atoms with Crippen LogP contribution >= 0.6 is 0 Å². The molecule has 0 aromatic heterocycles. The maximum atomic E-state index is 11.2. The highest BCUT2D eigenvalue weighted by Gasteiger charge is 2.15. The summed E-state index contributed by atoms with van der Waals surface area (Å²) in [7, 11) is 3.30. The van der Waals surface area contributed by atoms with Crippen LogP contribution in [0.3, 0.4) is 0 Å². The summed E-state index contributed by atoms with van der Waals surface area (Å²) in [5.41, 5.74) is 8.20. The van der Waals surface area contributed by atoms with Crippen LogP contribution in [-0.4, -0.2) is 26.2 Å². The number of methoxy groups -OCH3 is 2. The van der Waals surface area contributed by atoms with Crippen molar-refractivity contribution in [3.05, 3.63) is 54.1 Å². The number of fused-ring (bicyclic) bond motifs is 1. The molecular weight excluding hydrogens is 342 g/mol. The lowest BCUT2D eigenvalue weighted by Crippen LogP contribution is -2.30. The molecular formula is C22H23NO4. The molecule has 0 saturated heterocycles. The molecule has 27 heavy (non-hydrogen) atoms. The minimum absolute atomic E-state index is 0.502. The van der Waals surface area contributed by atoms with Crippen molar-refractivity contribution < 1.29 is 19.0 Å². The number of ether oxygens (including phenoxy) is 3. The van der Waals surface area contributed by atoms with Crippen LogP contribution < -0.4 is 19.9 Å². The molecule has 1 amide bonds. The highest BCUT2D eigenvalue weighted by atomic mass is 16.5. The largest absolute Gasteiger partial charge is 0.496 e. The van der Waals surface area contributed by atoms with Gasteiger partial charge in [-0.3, -0.25) is 4.79 Å². The van der Waals surface area contributed by atoms with Gasteiger partial charge in [-0.1, -0.05) is 18.2 Å². The second kappa shape index (κ2) is 7.58. The Labute approximate surface area is 158 Å². The van der Waals surface area contributed by atoms with Gasteiger partial charge in [0.25, 0.3) is 5.91 Å². The average molecular weight is 365 g/mol. The molecule has 5 nitrogen and oxygen atoms in total. The Morgan fingerprint density at radius 1 is 0.926 bits per heavy atom. The summed E-state index contributed by atoms with van der Waals surface area (Å²) in [4.78, 5) is 11.2. The topological polar surface area (TPSA) is 70.8 Å². The Bertz CT molecular complexity index is 972. The third-order valence-corrected chi connectivity index (χ3v) is 4.46. The minimum atomic E-state index is -0.692. The number of benzene rings is 3. The Kier molecular flexibility index (Phi) is 5.21. The number of rotatable bonds is 6. The first-order valence-electron chi connectivity index (χ1n) is 8.65. The van der Waals surface area contributed by atoms with E-state index in [1.54, 1.807) is 21.1 Å². The molecule has 0 bridgehead atoms. The SMILES string of the molecule is COc1cc(C)cc(OC)c1-c1ccc2ccc(OC(C)C(N)=O)cc2c1. The molecule has 0 fully saturated rings. The van der Waals surface area contributed by atoms with Crippen molar-refractivity contribution in [2.75, 3.05) is 14.2 Å². The Balaban J connectivity index is 2.10. The van der Waals surface area contributed by atoms with Crippen LogP contribution in [0.1, 0.15) is 12.5 Å². The van der Waals surface area contributed by atoms with E-state index in [0.29, 0.717) is 5.75 Å². The normalized spacial score (nSPS) is 11.9. The fraction of sp³-hybridized carbons (Fsp3) is 0.227. The van der Waals surface area contributed by atoms with Gasteiger partial charge in [-0.15, -0.1) is 0 Å². The van der Waals surface area contributed by atoms with Gasteiger partial charge in [-0.25, -0.2) is 0 Å². The standard InChI is InChI=1S/C22H23NO4/c1-13-9-19(25-3)21(20(10-13)26-4)16-6-5-15-7-8-18(12-17(15)11-16)27-14(2)22(23)24/h5-12,14H,1-4H3,(H2,23,24). The van der Waals surface area contributed by atoms with Gasteiger partial charge in [0.2, 0.25) is 0 Å². The van der Waals surface area contributed by atoms with Crippen LogP contribution in [-0.2, 0) is 4.79 Å². The fourth-order valence-electron chi connectivity index (χ4n) is 3.04. The Morgan fingerprint density at radius 2 is 1.56 bits per heavy atom. The monoisotopic (exact) mass is 365 g/mol. The van der Waals surface area contributed by atoms with Crippen molar-refractivity contribution in [3.8, 4) is 28.4 Å². The van der Waals surface area contributed by atoms with Crippen LogP contribution in [0.2, 0.25) is 0 Å².